The first-order valence-electron chi connectivity index (χ1n) is 10.4. The summed E-state index contributed by atoms with van der Waals surface area (Å²) in [7, 11) is 0. The van der Waals surface area contributed by atoms with Gasteiger partial charge in [-0.05, 0) is 43.3 Å². The topological polar surface area (TPSA) is 75.9 Å². The van der Waals surface area contributed by atoms with E-state index in [1.807, 2.05) is 37.3 Å². The third-order valence-electron chi connectivity index (χ3n) is 4.86. The Bertz CT molecular complexity index is 959. The lowest BCUT2D eigenvalue weighted by molar-refractivity contribution is -0.117. The lowest BCUT2D eigenvalue weighted by Gasteiger charge is -2.20. The van der Waals surface area contributed by atoms with E-state index in [-0.39, 0.29) is 5.91 Å². The quantitative estimate of drug-likeness (QED) is 0.416. The number of halogens is 2. The number of amides is 1. The molecule has 0 atom stereocenters. The third kappa shape index (κ3) is 7.02. The van der Waals surface area contributed by atoms with Crippen molar-refractivity contribution in [2.24, 2.45) is 0 Å². The number of aryl methyl sites for hydroxylation is 1. The number of benzene rings is 2. The van der Waals surface area contributed by atoms with Gasteiger partial charge in [0.05, 0.1) is 28.8 Å². The number of unbranched alkanes of at least 4 members (excludes halogenated alkanes) is 2. The smallest absolute Gasteiger partial charge is 0.238 e. The molecule has 0 unspecified atom stereocenters. The van der Waals surface area contributed by atoms with E-state index in [0.717, 1.165) is 44.5 Å². The van der Waals surface area contributed by atoms with Crippen LogP contribution in [0.1, 0.15) is 26.2 Å². The Hall–Kier alpha value is -2.48. The molecule has 1 aromatic heterocycles. The molecule has 0 spiro atoms. The summed E-state index contributed by atoms with van der Waals surface area (Å²) in [4.78, 5) is 16.1. The van der Waals surface area contributed by atoms with Gasteiger partial charge in [0.25, 0.3) is 0 Å². The second-order valence-electron chi connectivity index (χ2n) is 7.15. The summed E-state index contributed by atoms with van der Waals surface area (Å²) in [5.41, 5.74) is 1.42. The maximum absolute atomic E-state index is 12.4. The fourth-order valence-corrected chi connectivity index (χ4v) is 3.65. The van der Waals surface area contributed by atoms with Crippen molar-refractivity contribution < 1.29 is 4.79 Å². The Morgan fingerprint density at radius 3 is 2.48 bits per heavy atom. The van der Waals surface area contributed by atoms with Gasteiger partial charge in [0.1, 0.15) is 0 Å². The SMILES string of the molecule is CCN(CCCCCn1nnc(-c2ccccc2)n1)CC(=O)Nc1c(Cl)cccc1Cl. The normalized spacial score (nSPS) is 11.1. The molecule has 1 amide bonds. The minimum Gasteiger partial charge on any atom is -0.322 e. The summed E-state index contributed by atoms with van der Waals surface area (Å²) in [6.07, 6.45) is 2.94. The van der Waals surface area contributed by atoms with Crippen LogP contribution in [0.2, 0.25) is 10.0 Å². The van der Waals surface area contributed by atoms with Crippen LogP contribution in [-0.4, -0.2) is 50.6 Å². The first kappa shape index (κ1) is 23.2. The third-order valence-corrected chi connectivity index (χ3v) is 5.49. The van der Waals surface area contributed by atoms with E-state index in [2.05, 4.69) is 25.6 Å². The molecule has 9 heteroatoms. The Morgan fingerprint density at radius 2 is 1.77 bits per heavy atom. The zero-order chi connectivity index (χ0) is 22.1. The molecule has 0 radical (unpaired) electrons. The van der Waals surface area contributed by atoms with E-state index >= 15 is 0 Å². The Balaban J connectivity index is 1.37. The number of nitrogens with one attached hydrogen (secondary N) is 1. The van der Waals surface area contributed by atoms with E-state index in [9.17, 15) is 4.79 Å². The number of para-hydroxylation sites is 1. The molecule has 164 valence electrons. The number of carbonyl (C=O) groups excluding carboxylic acids is 1. The highest BCUT2D eigenvalue weighted by Crippen LogP contribution is 2.29. The van der Waals surface area contributed by atoms with E-state index in [0.29, 0.717) is 28.1 Å². The predicted octanol–water partition coefficient (Wildman–Crippen LogP) is 4.78. The molecular formula is C22H26Cl2N6O. The maximum Gasteiger partial charge on any atom is 0.238 e. The zero-order valence-electron chi connectivity index (χ0n) is 17.5. The minimum absolute atomic E-state index is 0.128. The molecule has 0 saturated carbocycles. The predicted molar refractivity (Wildman–Crippen MR) is 124 cm³/mol. The largest absolute Gasteiger partial charge is 0.322 e. The molecule has 0 aliphatic heterocycles. The maximum atomic E-state index is 12.4. The van der Waals surface area contributed by atoms with Crippen LogP contribution < -0.4 is 5.32 Å². The Morgan fingerprint density at radius 1 is 1.03 bits per heavy atom. The molecular weight excluding hydrogens is 435 g/mol. The van der Waals surface area contributed by atoms with E-state index in [4.69, 9.17) is 23.2 Å². The van der Waals surface area contributed by atoms with Gasteiger partial charge in [-0.15, -0.1) is 10.2 Å². The number of nitrogens with zero attached hydrogens (tertiary/aromatic N) is 5. The van der Waals surface area contributed by atoms with E-state index < -0.39 is 0 Å². The number of hydrogen-bond donors (Lipinski definition) is 1. The van der Waals surface area contributed by atoms with Crippen molar-refractivity contribution in [1.29, 1.82) is 0 Å². The van der Waals surface area contributed by atoms with Crippen LogP contribution >= 0.6 is 23.2 Å². The van der Waals surface area contributed by atoms with Gasteiger partial charge in [-0.1, -0.05) is 72.9 Å². The van der Waals surface area contributed by atoms with Crippen molar-refractivity contribution in [1.82, 2.24) is 25.1 Å². The van der Waals surface area contributed by atoms with Crippen molar-refractivity contribution in [2.75, 3.05) is 25.0 Å². The Kier molecular flexibility index (Phi) is 8.82. The average molecular weight is 461 g/mol. The van der Waals surface area contributed by atoms with Crippen LogP contribution in [0.3, 0.4) is 0 Å². The van der Waals surface area contributed by atoms with Gasteiger partial charge >= 0.3 is 0 Å². The number of aromatic nitrogens is 4. The van der Waals surface area contributed by atoms with Crippen molar-refractivity contribution in [3.63, 3.8) is 0 Å². The molecule has 0 aliphatic rings. The highest BCUT2D eigenvalue weighted by atomic mass is 35.5. The number of carbonyl (C=O) groups is 1. The molecule has 2 aromatic carbocycles. The van der Waals surface area contributed by atoms with Crippen LogP contribution in [0.15, 0.2) is 48.5 Å². The van der Waals surface area contributed by atoms with Gasteiger partial charge in [-0.2, -0.15) is 4.80 Å². The fraction of sp³-hybridized carbons (Fsp3) is 0.364. The first-order valence-corrected chi connectivity index (χ1v) is 11.1. The highest BCUT2D eigenvalue weighted by Gasteiger charge is 2.13. The molecule has 1 heterocycles. The molecule has 3 aromatic rings. The van der Waals surface area contributed by atoms with Gasteiger partial charge in [0.2, 0.25) is 11.7 Å². The number of anilines is 1. The van der Waals surface area contributed by atoms with E-state index in [1.54, 1.807) is 23.0 Å². The van der Waals surface area contributed by atoms with Crippen molar-refractivity contribution in [3.8, 4) is 11.4 Å². The molecule has 0 bridgehead atoms. The fourth-order valence-electron chi connectivity index (χ4n) is 3.15. The summed E-state index contributed by atoms with van der Waals surface area (Å²) < 4.78 is 0. The Labute approximate surface area is 192 Å². The average Bonchev–Trinajstić information content (AvgIpc) is 3.25. The zero-order valence-corrected chi connectivity index (χ0v) is 19.0. The molecule has 3 rings (SSSR count). The summed E-state index contributed by atoms with van der Waals surface area (Å²) in [5, 5.41) is 16.3. The lowest BCUT2D eigenvalue weighted by Crippen LogP contribution is -2.34. The molecule has 0 saturated heterocycles. The van der Waals surface area contributed by atoms with Crippen molar-refractivity contribution in [2.45, 2.75) is 32.7 Å². The monoisotopic (exact) mass is 460 g/mol. The number of hydrogen-bond acceptors (Lipinski definition) is 5. The molecule has 0 aliphatic carbocycles. The van der Waals surface area contributed by atoms with Gasteiger partial charge in [-0.25, -0.2) is 0 Å². The number of likely N-dealkylation sites (N-methyl/N-ethyl adjacent to an activating group) is 1. The standard InChI is InChI=1S/C22H26Cl2N6O/c1-2-29(16-20(31)25-21-18(23)12-9-13-19(21)24)14-7-4-8-15-30-27-22(26-28-30)17-10-5-3-6-11-17/h3,5-6,9-13H,2,4,7-8,14-16H2,1H3,(H,25,31). The molecule has 0 fully saturated rings. The first-order chi connectivity index (χ1) is 15.1. The van der Waals surface area contributed by atoms with Gasteiger partial charge in [0.15, 0.2) is 0 Å². The van der Waals surface area contributed by atoms with Crippen LogP contribution in [0.4, 0.5) is 5.69 Å². The summed E-state index contributed by atoms with van der Waals surface area (Å²) in [6.45, 7) is 4.68. The van der Waals surface area contributed by atoms with Gasteiger partial charge < -0.3 is 5.32 Å². The second kappa shape index (κ2) is 11.8. The van der Waals surface area contributed by atoms with Crippen LogP contribution in [0.5, 0.6) is 0 Å². The molecule has 7 nitrogen and oxygen atoms in total. The lowest BCUT2D eigenvalue weighted by atomic mass is 10.2. The summed E-state index contributed by atoms with van der Waals surface area (Å²) in [5.74, 6) is 0.513. The van der Waals surface area contributed by atoms with Crippen molar-refractivity contribution in [3.05, 3.63) is 58.6 Å². The summed E-state index contributed by atoms with van der Waals surface area (Å²) in [6, 6.07) is 15.0. The van der Waals surface area contributed by atoms with Crippen LogP contribution in [-0.2, 0) is 11.3 Å². The van der Waals surface area contributed by atoms with Crippen LogP contribution in [0, 0.1) is 0 Å². The number of tetrazole rings is 1. The van der Waals surface area contributed by atoms with Crippen LogP contribution in [0.25, 0.3) is 11.4 Å². The van der Waals surface area contributed by atoms with Crippen molar-refractivity contribution >= 4 is 34.8 Å². The van der Waals surface area contributed by atoms with Gasteiger partial charge in [0, 0.05) is 5.56 Å². The minimum atomic E-state index is -0.128. The number of rotatable bonds is 11. The highest BCUT2D eigenvalue weighted by molar-refractivity contribution is 6.39. The molecule has 31 heavy (non-hydrogen) atoms. The van der Waals surface area contributed by atoms with Gasteiger partial charge in [-0.3, -0.25) is 9.69 Å². The molecule has 1 N–H and O–H groups in total. The second-order valence-corrected chi connectivity index (χ2v) is 7.96. The summed E-state index contributed by atoms with van der Waals surface area (Å²) >= 11 is 12.2. The van der Waals surface area contributed by atoms with E-state index in [1.165, 1.54) is 0 Å².